The molecule has 228 valence electrons. The molecule has 0 bridgehead atoms. The largest absolute Gasteiger partial charge is 0.135 e. The standard InChI is InChI=1S/C48H30S/c1-2-13-31(14-3-1)34-27-28-43-45(30-34)49-44-24-12-23-38(48(43)44)36-17-6-7-18-37(36)47-41-21-10-8-19-39(41)46(40-20-9-11-22-42(40)47)35-26-25-32-15-4-5-16-33(32)29-35/h1-30H/i4D. The molecule has 0 fully saturated rings. The summed E-state index contributed by atoms with van der Waals surface area (Å²) in [6, 6.07) is 64.2. The summed E-state index contributed by atoms with van der Waals surface area (Å²) in [5.74, 6) is 0. The lowest BCUT2D eigenvalue weighted by atomic mass is 9.83. The monoisotopic (exact) mass is 639 g/mol. The molecule has 0 saturated heterocycles. The Morgan fingerprint density at radius 3 is 1.78 bits per heavy atom. The maximum atomic E-state index is 8.11. The number of thiophene rings is 1. The Bertz CT molecular complexity index is 2880. The second-order valence-corrected chi connectivity index (χ2v) is 13.8. The van der Waals surface area contributed by atoms with Crippen molar-refractivity contribution in [2.75, 3.05) is 0 Å². The van der Waals surface area contributed by atoms with Crippen LogP contribution in [-0.4, -0.2) is 0 Å². The summed E-state index contributed by atoms with van der Waals surface area (Å²) in [5.41, 5.74) is 9.92. The molecule has 1 aromatic heterocycles. The maximum absolute atomic E-state index is 8.11. The molecule has 0 spiro atoms. The topological polar surface area (TPSA) is 0 Å². The first-order valence-electron chi connectivity index (χ1n) is 17.3. The zero-order valence-corrected chi connectivity index (χ0v) is 27.5. The summed E-state index contributed by atoms with van der Waals surface area (Å²) < 4.78 is 10.7. The van der Waals surface area contributed by atoms with Crippen molar-refractivity contribution in [3.63, 3.8) is 0 Å². The molecule has 0 unspecified atom stereocenters. The number of hydrogen-bond acceptors (Lipinski definition) is 1. The molecule has 10 rings (SSSR count). The van der Waals surface area contributed by atoms with Crippen LogP contribution in [0, 0.1) is 0 Å². The van der Waals surface area contributed by atoms with Gasteiger partial charge in [0.25, 0.3) is 0 Å². The van der Waals surface area contributed by atoms with Crippen molar-refractivity contribution < 1.29 is 1.37 Å². The molecule has 10 aromatic rings. The number of rotatable bonds is 4. The average molecular weight is 640 g/mol. The second kappa shape index (κ2) is 11.3. The van der Waals surface area contributed by atoms with Gasteiger partial charge in [0.2, 0.25) is 0 Å². The molecule has 1 heteroatoms. The average Bonchev–Trinajstić information content (AvgIpc) is 3.55. The van der Waals surface area contributed by atoms with Crippen LogP contribution < -0.4 is 0 Å². The highest BCUT2D eigenvalue weighted by Gasteiger charge is 2.20. The van der Waals surface area contributed by atoms with Crippen molar-refractivity contribution in [1.82, 2.24) is 0 Å². The van der Waals surface area contributed by atoms with Crippen molar-refractivity contribution in [3.05, 3.63) is 182 Å². The van der Waals surface area contributed by atoms with Gasteiger partial charge in [-0.05, 0) is 95.0 Å². The summed E-state index contributed by atoms with van der Waals surface area (Å²) in [6.45, 7) is 0. The maximum Gasteiger partial charge on any atom is 0.0623 e. The van der Waals surface area contributed by atoms with Gasteiger partial charge in [0.15, 0.2) is 0 Å². The van der Waals surface area contributed by atoms with Crippen molar-refractivity contribution in [3.8, 4) is 44.5 Å². The van der Waals surface area contributed by atoms with E-state index in [9.17, 15) is 0 Å². The first-order valence-corrected chi connectivity index (χ1v) is 17.6. The minimum Gasteiger partial charge on any atom is -0.135 e. The predicted molar refractivity (Wildman–Crippen MR) is 214 cm³/mol. The molecule has 0 saturated carbocycles. The lowest BCUT2D eigenvalue weighted by molar-refractivity contribution is 1.64. The third-order valence-electron chi connectivity index (χ3n) is 10.00. The van der Waals surface area contributed by atoms with E-state index in [0.29, 0.717) is 6.04 Å². The van der Waals surface area contributed by atoms with Crippen LogP contribution in [0.4, 0.5) is 0 Å². The van der Waals surface area contributed by atoms with Crippen molar-refractivity contribution >= 4 is 63.8 Å². The molecule has 0 radical (unpaired) electrons. The summed E-state index contributed by atoms with van der Waals surface area (Å²) in [7, 11) is 0. The quantitative estimate of drug-likeness (QED) is 0.168. The fourth-order valence-corrected chi connectivity index (χ4v) is 8.98. The van der Waals surface area contributed by atoms with Crippen LogP contribution in [0.15, 0.2) is 182 Å². The molecule has 0 aliphatic heterocycles. The molecular weight excluding hydrogens is 609 g/mol. The molecule has 0 nitrogen and oxygen atoms in total. The Morgan fingerprint density at radius 1 is 0.347 bits per heavy atom. The van der Waals surface area contributed by atoms with E-state index in [0.717, 1.165) is 10.8 Å². The van der Waals surface area contributed by atoms with Crippen molar-refractivity contribution in [2.45, 2.75) is 0 Å². The summed E-state index contributed by atoms with van der Waals surface area (Å²) >= 11 is 1.88. The van der Waals surface area contributed by atoms with Gasteiger partial charge in [-0.15, -0.1) is 11.3 Å². The minimum atomic E-state index is 0.534. The molecule has 0 amide bonds. The third kappa shape index (κ3) is 4.51. The first kappa shape index (κ1) is 27.0. The van der Waals surface area contributed by atoms with Gasteiger partial charge in [0.1, 0.15) is 0 Å². The zero-order valence-electron chi connectivity index (χ0n) is 27.7. The zero-order chi connectivity index (χ0) is 33.2. The van der Waals surface area contributed by atoms with Gasteiger partial charge >= 0.3 is 0 Å². The molecule has 0 N–H and O–H groups in total. The highest BCUT2D eigenvalue weighted by molar-refractivity contribution is 7.26. The molecule has 0 aliphatic carbocycles. The predicted octanol–water partition coefficient (Wildman–Crippen LogP) is 14.2. The van der Waals surface area contributed by atoms with E-state index >= 15 is 0 Å². The smallest absolute Gasteiger partial charge is 0.0623 e. The minimum absolute atomic E-state index is 0.534. The fourth-order valence-electron chi connectivity index (χ4n) is 7.81. The van der Waals surface area contributed by atoms with Gasteiger partial charge in [0.05, 0.1) is 1.37 Å². The highest BCUT2D eigenvalue weighted by atomic mass is 32.1. The molecule has 0 aliphatic rings. The van der Waals surface area contributed by atoms with Gasteiger partial charge in [-0.2, -0.15) is 0 Å². The van der Waals surface area contributed by atoms with E-state index in [-0.39, 0.29) is 0 Å². The van der Waals surface area contributed by atoms with Crippen LogP contribution in [0.3, 0.4) is 0 Å². The van der Waals surface area contributed by atoms with Crippen molar-refractivity contribution in [1.29, 1.82) is 0 Å². The van der Waals surface area contributed by atoms with Gasteiger partial charge in [-0.3, -0.25) is 0 Å². The SMILES string of the molecule is [2H]c1ccc2cc(-c3c4ccccc4c(-c4ccccc4-c4cccc5sc6cc(-c7ccccc7)ccc6c45)c4ccccc34)ccc2c1. The Hall–Kier alpha value is -6.02. The Labute approximate surface area is 290 Å². The highest BCUT2D eigenvalue weighted by Crippen LogP contribution is 2.48. The van der Waals surface area contributed by atoms with E-state index in [1.807, 2.05) is 23.5 Å². The second-order valence-electron chi connectivity index (χ2n) is 12.7. The fraction of sp³-hybridized carbons (Fsp3) is 0. The van der Waals surface area contributed by atoms with Crippen LogP contribution in [0.5, 0.6) is 0 Å². The van der Waals surface area contributed by atoms with Crippen LogP contribution in [-0.2, 0) is 0 Å². The molecular formula is C48H30S. The van der Waals surface area contributed by atoms with Crippen LogP contribution in [0.1, 0.15) is 1.37 Å². The van der Waals surface area contributed by atoms with E-state index in [1.54, 1.807) is 0 Å². The van der Waals surface area contributed by atoms with Gasteiger partial charge in [-0.1, -0.05) is 164 Å². The van der Waals surface area contributed by atoms with E-state index in [2.05, 4.69) is 164 Å². The Balaban J connectivity index is 1.23. The van der Waals surface area contributed by atoms with Gasteiger partial charge in [-0.25, -0.2) is 0 Å². The lowest BCUT2D eigenvalue weighted by Crippen LogP contribution is -1.93. The number of fused-ring (bicyclic) bond motifs is 6. The lowest BCUT2D eigenvalue weighted by Gasteiger charge is -2.20. The number of hydrogen-bond donors (Lipinski definition) is 0. The van der Waals surface area contributed by atoms with Crippen LogP contribution in [0.2, 0.25) is 0 Å². The Kier molecular flexibility index (Phi) is 6.22. The summed E-state index contributed by atoms with van der Waals surface area (Å²) in [6.07, 6.45) is 0. The molecule has 49 heavy (non-hydrogen) atoms. The normalized spacial score (nSPS) is 12.0. The van der Waals surface area contributed by atoms with E-state index in [1.165, 1.54) is 86.2 Å². The van der Waals surface area contributed by atoms with Gasteiger partial charge < -0.3 is 0 Å². The molecule has 0 atom stereocenters. The van der Waals surface area contributed by atoms with Crippen LogP contribution in [0.25, 0.3) is 97.0 Å². The third-order valence-corrected chi connectivity index (χ3v) is 11.1. The van der Waals surface area contributed by atoms with Crippen molar-refractivity contribution in [2.24, 2.45) is 0 Å². The first-order chi connectivity index (χ1) is 24.7. The Morgan fingerprint density at radius 2 is 1.00 bits per heavy atom. The molecule has 9 aromatic carbocycles. The number of benzene rings is 9. The van der Waals surface area contributed by atoms with E-state index < -0.39 is 0 Å². The molecule has 1 heterocycles. The van der Waals surface area contributed by atoms with Gasteiger partial charge in [0, 0.05) is 20.2 Å². The van der Waals surface area contributed by atoms with E-state index in [4.69, 9.17) is 1.37 Å². The summed E-state index contributed by atoms with van der Waals surface area (Å²) in [4.78, 5) is 0. The summed E-state index contributed by atoms with van der Waals surface area (Å²) in [5, 5.41) is 9.81. The van der Waals surface area contributed by atoms with Crippen LogP contribution >= 0.6 is 11.3 Å².